The molecule has 1 aliphatic heterocycles. The summed E-state index contributed by atoms with van der Waals surface area (Å²) in [4.78, 5) is 2.71. The second-order valence-corrected chi connectivity index (χ2v) is 6.33. The summed E-state index contributed by atoms with van der Waals surface area (Å²) >= 11 is 0. The van der Waals surface area contributed by atoms with Gasteiger partial charge < -0.3 is 10.2 Å². The number of nitrogens with zero attached hydrogens (tertiary/aromatic N) is 1. The molecule has 0 aromatic heterocycles. The van der Waals surface area contributed by atoms with E-state index in [2.05, 4.69) is 31.0 Å². The van der Waals surface area contributed by atoms with E-state index >= 15 is 0 Å². The summed E-state index contributed by atoms with van der Waals surface area (Å²) in [6.07, 6.45) is 12.4. The lowest BCUT2D eigenvalue weighted by Gasteiger charge is -2.38. The molecule has 0 amide bonds. The minimum atomic E-state index is 0.774. The predicted molar refractivity (Wildman–Crippen MR) is 85.7 cm³/mol. The van der Waals surface area contributed by atoms with Crippen LogP contribution in [0.5, 0.6) is 0 Å². The summed E-state index contributed by atoms with van der Waals surface area (Å²) in [5, 5.41) is 3.69. The van der Waals surface area contributed by atoms with E-state index < -0.39 is 0 Å². The van der Waals surface area contributed by atoms with Gasteiger partial charge in [0.05, 0.1) is 0 Å². The van der Waals surface area contributed by atoms with Crippen LogP contribution >= 0.6 is 0 Å². The lowest BCUT2D eigenvalue weighted by molar-refractivity contribution is 0.133. The number of piperidine rings is 1. The Morgan fingerprint density at radius 3 is 2.42 bits per heavy atom. The third-order valence-electron chi connectivity index (χ3n) is 4.50. The fourth-order valence-electron chi connectivity index (χ4n) is 3.18. The van der Waals surface area contributed by atoms with Crippen LogP contribution in [0.3, 0.4) is 0 Å². The van der Waals surface area contributed by atoms with Crippen LogP contribution in [0.25, 0.3) is 0 Å². The molecule has 2 nitrogen and oxygen atoms in total. The molecule has 1 heterocycles. The highest BCUT2D eigenvalue weighted by atomic mass is 15.2. The Morgan fingerprint density at radius 2 is 1.74 bits per heavy atom. The SMILES string of the molecule is CCCCCCCCN1CCC(NCCC)CC1C. The zero-order chi connectivity index (χ0) is 13.9. The normalized spacial score (nSPS) is 24.8. The largest absolute Gasteiger partial charge is 0.314 e. The van der Waals surface area contributed by atoms with Crippen LogP contribution < -0.4 is 5.32 Å². The molecule has 0 radical (unpaired) electrons. The Morgan fingerprint density at radius 1 is 1.00 bits per heavy atom. The van der Waals surface area contributed by atoms with Crippen molar-refractivity contribution in [1.82, 2.24) is 10.2 Å². The molecule has 0 bridgehead atoms. The highest BCUT2D eigenvalue weighted by Gasteiger charge is 2.24. The lowest BCUT2D eigenvalue weighted by atomic mass is 9.97. The molecule has 2 unspecified atom stereocenters. The van der Waals surface area contributed by atoms with Crippen molar-refractivity contribution < 1.29 is 0 Å². The third-order valence-corrected chi connectivity index (χ3v) is 4.50. The molecular formula is C17H36N2. The van der Waals surface area contributed by atoms with Crippen molar-refractivity contribution >= 4 is 0 Å². The minimum Gasteiger partial charge on any atom is -0.314 e. The number of unbranched alkanes of at least 4 members (excludes halogenated alkanes) is 5. The molecule has 0 spiro atoms. The van der Waals surface area contributed by atoms with E-state index in [9.17, 15) is 0 Å². The van der Waals surface area contributed by atoms with Crippen molar-refractivity contribution in [1.29, 1.82) is 0 Å². The molecule has 1 rings (SSSR count). The molecule has 0 aliphatic carbocycles. The maximum Gasteiger partial charge on any atom is 0.00940 e. The molecule has 1 saturated heterocycles. The fourth-order valence-corrected chi connectivity index (χ4v) is 3.18. The quantitative estimate of drug-likeness (QED) is 0.597. The summed E-state index contributed by atoms with van der Waals surface area (Å²) < 4.78 is 0. The molecule has 2 heteroatoms. The van der Waals surface area contributed by atoms with E-state index in [1.165, 1.54) is 77.4 Å². The van der Waals surface area contributed by atoms with Gasteiger partial charge in [-0.3, -0.25) is 0 Å². The summed E-state index contributed by atoms with van der Waals surface area (Å²) in [5.41, 5.74) is 0. The highest BCUT2D eigenvalue weighted by Crippen LogP contribution is 2.18. The van der Waals surface area contributed by atoms with E-state index in [1.54, 1.807) is 0 Å². The van der Waals surface area contributed by atoms with Crippen LogP contribution in [0.4, 0.5) is 0 Å². The van der Waals surface area contributed by atoms with Gasteiger partial charge in [0.1, 0.15) is 0 Å². The molecule has 19 heavy (non-hydrogen) atoms. The molecule has 1 aliphatic rings. The second kappa shape index (κ2) is 10.7. The van der Waals surface area contributed by atoms with Crippen LogP contribution in [0.1, 0.15) is 78.6 Å². The van der Waals surface area contributed by atoms with E-state index in [0.29, 0.717) is 0 Å². The Hall–Kier alpha value is -0.0800. The lowest BCUT2D eigenvalue weighted by Crippen LogP contribution is -2.47. The van der Waals surface area contributed by atoms with Crippen molar-refractivity contribution in [3.63, 3.8) is 0 Å². The van der Waals surface area contributed by atoms with Crippen molar-refractivity contribution in [2.45, 2.75) is 90.6 Å². The first kappa shape index (κ1) is 17.0. The second-order valence-electron chi connectivity index (χ2n) is 6.33. The van der Waals surface area contributed by atoms with E-state index in [0.717, 1.165) is 12.1 Å². The van der Waals surface area contributed by atoms with Gasteiger partial charge in [-0.05, 0) is 52.2 Å². The van der Waals surface area contributed by atoms with Crippen LogP contribution in [-0.4, -0.2) is 36.6 Å². The van der Waals surface area contributed by atoms with Crippen molar-refractivity contribution in [3.8, 4) is 0 Å². The average Bonchev–Trinajstić information content (AvgIpc) is 2.42. The minimum absolute atomic E-state index is 0.774. The molecule has 114 valence electrons. The van der Waals surface area contributed by atoms with Crippen LogP contribution in [0.2, 0.25) is 0 Å². The maximum atomic E-state index is 3.69. The number of hydrogen-bond acceptors (Lipinski definition) is 2. The standard InChI is InChI=1S/C17H36N2/c1-4-6-7-8-9-10-13-19-14-11-17(15-16(19)3)18-12-5-2/h16-18H,4-15H2,1-3H3. The molecule has 0 aromatic carbocycles. The topological polar surface area (TPSA) is 15.3 Å². The van der Waals surface area contributed by atoms with Gasteiger partial charge in [0.2, 0.25) is 0 Å². The van der Waals surface area contributed by atoms with Gasteiger partial charge >= 0.3 is 0 Å². The monoisotopic (exact) mass is 268 g/mol. The third kappa shape index (κ3) is 7.31. The van der Waals surface area contributed by atoms with Gasteiger partial charge in [-0.1, -0.05) is 46.0 Å². The first-order valence-corrected chi connectivity index (χ1v) is 8.75. The van der Waals surface area contributed by atoms with Gasteiger partial charge in [-0.25, -0.2) is 0 Å². The number of likely N-dealkylation sites (tertiary alicyclic amines) is 1. The maximum absolute atomic E-state index is 3.69. The Bertz CT molecular complexity index is 205. The summed E-state index contributed by atoms with van der Waals surface area (Å²) in [7, 11) is 0. The summed E-state index contributed by atoms with van der Waals surface area (Å²) in [6.45, 7) is 10.8. The number of nitrogens with one attached hydrogen (secondary N) is 1. The zero-order valence-electron chi connectivity index (χ0n) is 13.6. The number of rotatable bonds is 10. The molecule has 0 saturated carbocycles. The molecule has 1 fully saturated rings. The van der Waals surface area contributed by atoms with Crippen molar-refractivity contribution in [2.75, 3.05) is 19.6 Å². The molecular weight excluding hydrogens is 232 g/mol. The highest BCUT2D eigenvalue weighted by molar-refractivity contribution is 4.82. The van der Waals surface area contributed by atoms with Crippen LogP contribution in [0.15, 0.2) is 0 Å². The van der Waals surface area contributed by atoms with Crippen LogP contribution in [-0.2, 0) is 0 Å². The zero-order valence-corrected chi connectivity index (χ0v) is 13.6. The first-order valence-electron chi connectivity index (χ1n) is 8.75. The van der Waals surface area contributed by atoms with Gasteiger partial charge in [0.25, 0.3) is 0 Å². The Kier molecular flexibility index (Phi) is 9.54. The Labute approximate surface area is 121 Å². The van der Waals surface area contributed by atoms with Gasteiger partial charge in [0.15, 0.2) is 0 Å². The molecule has 1 N–H and O–H groups in total. The summed E-state index contributed by atoms with van der Waals surface area (Å²) in [6, 6.07) is 1.55. The van der Waals surface area contributed by atoms with E-state index in [1.807, 2.05) is 0 Å². The average molecular weight is 268 g/mol. The van der Waals surface area contributed by atoms with E-state index in [4.69, 9.17) is 0 Å². The summed E-state index contributed by atoms with van der Waals surface area (Å²) in [5.74, 6) is 0. The molecule has 2 atom stereocenters. The van der Waals surface area contributed by atoms with Gasteiger partial charge in [0, 0.05) is 12.1 Å². The van der Waals surface area contributed by atoms with Gasteiger partial charge in [-0.2, -0.15) is 0 Å². The van der Waals surface area contributed by atoms with Gasteiger partial charge in [-0.15, -0.1) is 0 Å². The first-order chi connectivity index (χ1) is 9.27. The molecule has 0 aromatic rings. The fraction of sp³-hybridized carbons (Fsp3) is 1.00. The van der Waals surface area contributed by atoms with Crippen molar-refractivity contribution in [3.05, 3.63) is 0 Å². The van der Waals surface area contributed by atoms with Crippen LogP contribution in [0, 0.1) is 0 Å². The van der Waals surface area contributed by atoms with Crippen molar-refractivity contribution in [2.24, 2.45) is 0 Å². The predicted octanol–water partition coefficient (Wildman–Crippen LogP) is 4.20. The Balaban J connectivity index is 2.05. The van der Waals surface area contributed by atoms with E-state index in [-0.39, 0.29) is 0 Å². The smallest absolute Gasteiger partial charge is 0.00940 e. The number of hydrogen-bond donors (Lipinski definition) is 1.